The standard InChI is InChI=1S/C12H13BrN2O/c13-11-1-2-12(10(9-11)3-4-14)15-5-7-16-8-6-15/h1-2,9H,3,5-8H2. The first-order chi connectivity index (χ1) is 7.81. The Morgan fingerprint density at radius 3 is 2.81 bits per heavy atom. The van der Waals surface area contributed by atoms with Gasteiger partial charge in [-0.2, -0.15) is 5.26 Å². The number of anilines is 1. The van der Waals surface area contributed by atoms with E-state index in [0.717, 1.165) is 42.0 Å². The van der Waals surface area contributed by atoms with Gasteiger partial charge in [0, 0.05) is 23.2 Å². The van der Waals surface area contributed by atoms with Gasteiger partial charge in [-0.3, -0.25) is 0 Å². The van der Waals surface area contributed by atoms with Crippen LogP contribution in [-0.2, 0) is 11.2 Å². The first-order valence-electron chi connectivity index (χ1n) is 5.29. The van der Waals surface area contributed by atoms with E-state index in [-0.39, 0.29) is 0 Å². The summed E-state index contributed by atoms with van der Waals surface area (Å²) in [7, 11) is 0. The number of nitriles is 1. The van der Waals surface area contributed by atoms with E-state index in [9.17, 15) is 0 Å². The third kappa shape index (κ3) is 2.55. The lowest BCUT2D eigenvalue weighted by Gasteiger charge is -2.30. The van der Waals surface area contributed by atoms with E-state index < -0.39 is 0 Å². The number of nitrogens with zero attached hydrogens (tertiary/aromatic N) is 2. The quantitative estimate of drug-likeness (QED) is 0.835. The van der Waals surface area contributed by atoms with Crippen molar-refractivity contribution in [1.82, 2.24) is 0 Å². The van der Waals surface area contributed by atoms with Crippen LogP contribution in [0.3, 0.4) is 0 Å². The summed E-state index contributed by atoms with van der Waals surface area (Å²) in [6.07, 6.45) is 0.451. The number of hydrogen-bond donors (Lipinski definition) is 0. The summed E-state index contributed by atoms with van der Waals surface area (Å²) >= 11 is 3.44. The molecular formula is C12H13BrN2O. The fourth-order valence-corrected chi connectivity index (χ4v) is 2.30. The topological polar surface area (TPSA) is 36.3 Å². The first-order valence-corrected chi connectivity index (χ1v) is 6.08. The van der Waals surface area contributed by atoms with Crippen molar-refractivity contribution in [1.29, 1.82) is 5.26 Å². The summed E-state index contributed by atoms with van der Waals surface area (Å²) in [6.45, 7) is 3.34. The van der Waals surface area contributed by atoms with Gasteiger partial charge >= 0.3 is 0 Å². The van der Waals surface area contributed by atoms with Crippen molar-refractivity contribution in [3.05, 3.63) is 28.2 Å². The van der Waals surface area contributed by atoms with Crippen LogP contribution in [0.15, 0.2) is 22.7 Å². The second-order valence-electron chi connectivity index (χ2n) is 3.71. The molecule has 2 rings (SSSR count). The Bertz CT molecular complexity index is 408. The Labute approximate surface area is 104 Å². The van der Waals surface area contributed by atoms with E-state index in [2.05, 4.69) is 33.0 Å². The highest BCUT2D eigenvalue weighted by molar-refractivity contribution is 9.10. The van der Waals surface area contributed by atoms with Gasteiger partial charge in [-0.15, -0.1) is 0 Å². The van der Waals surface area contributed by atoms with E-state index in [1.165, 1.54) is 0 Å². The zero-order valence-electron chi connectivity index (χ0n) is 8.95. The molecular weight excluding hydrogens is 268 g/mol. The molecule has 1 aromatic carbocycles. The minimum absolute atomic E-state index is 0.451. The molecule has 1 heterocycles. The molecule has 0 bridgehead atoms. The van der Waals surface area contributed by atoms with Gasteiger partial charge in [0.2, 0.25) is 0 Å². The maximum atomic E-state index is 8.82. The fraction of sp³-hybridized carbons (Fsp3) is 0.417. The van der Waals surface area contributed by atoms with Crippen LogP contribution in [0.25, 0.3) is 0 Å². The molecule has 0 aliphatic carbocycles. The first kappa shape index (κ1) is 11.4. The summed E-state index contributed by atoms with van der Waals surface area (Å²) < 4.78 is 6.35. The summed E-state index contributed by atoms with van der Waals surface area (Å²) in [5.41, 5.74) is 2.24. The third-order valence-corrected chi connectivity index (χ3v) is 3.16. The molecule has 16 heavy (non-hydrogen) atoms. The van der Waals surface area contributed by atoms with E-state index in [1.807, 2.05) is 12.1 Å². The summed E-state index contributed by atoms with van der Waals surface area (Å²) in [5, 5.41) is 8.82. The predicted molar refractivity (Wildman–Crippen MR) is 66.5 cm³/mol. The normalized spacial score (nSPS) is 15.9. The number of benzene rings is 1. The van der Waals surface area contributed by atoms with Crippen LogP contribution in [0.2, 0.25) is 0 Å². The number of morpholine rings is 1. The minimum Gasteiger partial charge on any atom is -0.378 e. The van der Waals surface area contributed by atoms with E-state index >= 15 is 0 Å². The van der Waals surface area contributed by atoms with Crippen LogP contribution >= 0.6 is 15.9 Å². The van der Waals surface area contributed by atoms with Gasteiger partial charge in [0.05, 0.1) is 25.7 Å². The number of halogens is 1. The van der Waals surface area contributed by atoms with Crippen LogP contribution in [0, 0.1) is 11.3 Å². The van der Waals surface area contributed by atoms with Crippen LogP contribution in [0.4, 0.5) is 5.69 Å². The Kier molecular flexibility index (Phi) is 3.81. The van der Waals surface area contributed by atoms with Crippen molar-refractivity contribution in [2.75, 3.05) is 31.2 Å². The summed E-state index contributed by atoms with van der Waals surface area (Å²) in [4.78, 5) is 2.28. The Morgan fingerprint density at radius 1 is 1.38 bits per heavy atom. The second kappa shape index (κ2) is 5.33. The lowest BCUT2D eigenvalue weighted by atomic mass is 10.1. The highest BCUT2D eigenvalue weighted by atomic mass is 79.9. The number of hydrogen-bond acceptors (Lipinski definition) is 3. The molecule has 1 aliphatic heterocycles. The fourth-order valence-electron chi connectivity index (χ4n) is 1.89. The maximum Gasteiger partial charge on any atom is 0.0670 e. The Morgan fingerprint density at radius 2 is 2.12 bits per heavy atom. The molecule has 4 heteroatoms. The van der Waals surface area contributed by atoms with Gasteiger partial charge < -0.3 is 9.64 Å². The molecule has 0 N–H and O–H groups in total. The van der Waals surface area contributed by atoms with Gasteiger partial charge in [-0.25, -0.2) is 0 Å². The molecule has 0 spiro atoms. The Hall–Kier alpha value is -1.05. The SMILES string of the molecule is N#CCc1cc(Br)ccc1N1CCOCC1. The van der Waals surface area contributed by atoms with Crippen LogP contribution in [0.5, 0.6) is 0 Å². The monoisotopic (exact) mass is 280 g/mol. The van der Waals surface area contributed by atoms with E-state index in [1.54, 1.807) is 0 Å². The molecule has 0 unspecified atom stereocenters. The smallest absolute Gasteiger partial charge is 0.0670 e. The predicted octanol–water partition coefficient (Wildman–Crippen LogP) is 2.35. The zero-order chi connectivity index (χ0) is 11.4. The lowest BCUT2D eigenvalue weighted by Crippen LogP contribution is -2.36. The van der Waals surface area contributed by atoms with Crippen LogP contribution in [-0.4, -0.2) is 26.3 Å². The van der Waals surface area contributed by atoms with Crippen molar-refractivity contribution in [2.45, 2.75) is 6.42 Å². The molecule has 0 atom stereocenters. The zero-order valence-corrected chi connectivity index (χ0v) is 10.5. The molecule has 0 radical (unpaired) electrons. The molecule has 3 nitrogen and oxygen atoms in total. The van der Waals surface area contributed by atoms with Crippen molar-refractivity contribution in [2.24, 2.45) is 0 Å². The minimum atomic E-state index is 0.451. The average molecular weight is 281 g/mol. The molecule has 1 fully saturated rings. The van der Waals surface area contributed by atoms with Gasteiger partial charge in [-0.1, -0.05) is 15.9 Å². The van der Waals surface area contributed by atoms with Gasteiger partial charge in [0.15, 0.2) is 0 Å². The van der Waals surface area contributed by atoms with Crippen molar-refractivity contribution < 1.29 is 4.74 Å². The molecule has 84 valence electrons. The second-order valence-corrected chi connectivity index (χ2v) is 4.62. The summed E-state index contributed by atoms with van der Waals surface area (Å²) in [5.74, 6) is 0. The highest BCUT2D eigenvalue weighted by Gasteiger charge is 2.14. The molecule has 0 amide bonds. The largest absolute Gasteiger partial charge is 0.378 e. The highest BCUT2D eigenvalue weighted by Crippen LogP contribution is 2.25. The van der Waals surface area contributed by atoms with Crippen LogP contribution < -0.4 is 4.90 Å². The van der Waals surface area contributed by atoms with Crippen LogP contribution in [0.1, 0.15) is 5.56 Å². The summed E-state index contributed by atoms with van der Waals surface area (Å²) in [6, 6.07) is 8.32. The van der Waals surface area contributed by atoms with Crippen molar-refractivity contribution in [3.63, 3.8) is 0 Å². The van der Waals surface area contributed by atoms with E-state index in [0.29, 0.717) is 6.42 Å². The van der Waals surface area contributed by atoms with Gasteiger partial charge in [0.25, 0.3) is 0 Å². The van der Waals surface area contributed by atoms with E-state index in [4.69, 9.17) is 10.00 Å². The van der Waals surface area contributed by atoms with Crippen molar-refractivity contribution >= 4 is 21.6 Å². The van der Waals surface area contributed by atoms with Crippen molar-refractivity contribution in [3.8, 4) is 6.07 Å². The third-order valence-electron chi connectivity index (χ3n) is 2.66. The van der Waals surface area contributed by atoms with Gasteiger partial charge in [-0.05, 0) is 23.8 Å². The maximum absolute atomic E-state index is 8.82. The number of ether oxygens (including phenoxy) is 1. The molecule has 1 aliphatic rings. The van der Waals surface area contributed by atoms with Gasteiger partial charge in [0.1, 0.15) is 0 Å². The number of rotatable bonds is 2. The molecule has 1 saturated heterocycles. The molecule has 0 saturated carbocycles. The Balaban J connectivity index is 2.27. The molecule has 1 aromatic rings. The average Bonchev–Trinajstić information content (AvgIpc) is 2.31. The molecule has 0 aromatic heterocycles. The lowest BCUT2D eigenvalue weighted by molar-refractivity contribution is 0.122.